The fourth-order valence-corrected chi connectivity index (χ4v) is 5.68. The molecular weight excluding hydrogens is 518 g/mol. The van der Waals surface area contributed by atoms with Gasteiger partial charge in [-0.2, -0.15) is 5.10 Å². The molecular formula is C32H41N5O4. The number of carbonyl (C=O) groups is 2. The maximum absolute atomic E-state index is 14.0. The van der Waals surface area contributed by atoms with Crippen LogP contribution in [0, 0.1) is 6.92 Å². The highest BCUT2D eigenvalue weighted by molar-refractivity contribution is 5.95. The Labute approximate surface area is 242 Å². The molecule has 41 heavy (non-hydrogen) atoms. The quantitative estimate of drug-likeness (QED) is 0.424. The summed E-state index contributed by atoms with van der Waals surface area (Å²) in [6.07, 6.45) is 2.91. The van der Waals surface area contributed by atoms with Crippen LogP contribution < -0.4 is 9.64 Å². The molecule has 9 heteroatoms. The molecule has 9 nitrogen and oxygen atoms in total. The number of nitrogens with zero attached hydrogens (tertiary/aromatic N) is 5. The third kappa shape index (κ3) is 6.34. The summed E-state index contributed by atoms with van der Waals surface area (Å²) in [5.41, 5.74) is 4.18. The van der Waals surface area contributed by atoms with E-state index in [1.807, 2.05) is 60.7 Å². The van der Waals surface area contributed by atoms with E-state index in [0.717, 1.165) is 54.3 Å². The minimum absolute atomic E-state index is 0.00705. The number of carbonyl (C=O) groups excluding carboxylic acids is 2. The van der Waals surface area contributed by atoms with Crippen molar-refractivity contribution in [1.29, 1.82) is 0 Å². The van der Waals surface area contributed by atoms with Gasteiger partial charge < -0.3 is 24.2 Å². The summed E-state index contributed by atoms with van der Waals surface area (Å²) < 4.78 is 13.1. The molecule has 0 spiro atoms. The molecule has 2 amide bonds. The molecule has 2 aliphatic heterocycles. The number of likely N-dealkylation sites (tertiary alicyclic amines) is 1. The van der Waals surface area contributed by atoms with Gasteiger partial charge in [0.15, 0.2) is 0 Å². The second-order valence-electron chi connectivity index (χ2n) is 11.9. The van der Waals surface area contributed by atoms with Crippen LogP contribution in [0.4, 0.5) is 10.5 Å². The van der Waals surface area contributed by atoms with Gasteiger partial charge in [0.2, 0.25) is 0 Å². The standard InChI is InChI=1S/C32H41N5O4/c1-23-10-12-25(13-11-23)37-29(24-14-16-36(17-15-24)31(39)41-32(2,3)4)26(22-33-37)30(38)35-20-18-34(19-21-35)27-8-6-7-9-28(27)40-5/h6-13,22,24H,14-21H2,1-5H3. The third-order valence-electron chi connectivity index (χ3n) is 7.84. The van der Waals surface area contributed by atoms with Crippen LogP contribution >= 0.6 is 0 Å². The Morgan fingerprint density at radius 1 is 0.878 bits per heavy atom. The van der Waals surface area contributed by atoms with E-state index in [-0.39, 0.29) is 17.9 Å². The average molecular weight is 560 g/mol. The predicted molar refractivity (Wildman–Crippen MR) is 159 cm³/mol. The predicted octanol–water partition coefficient (Wildman–Crippen LogP) is 5.27. The van der Waals surface area contributed by atoms with Gasteiger partial charge in [-0.3, -0.25) is 4.79 Å². The first-order valence-electron chi connectivity index (χ1n) is 14.4. The largest absolute Gasteiger partial charge is 0.495 e. The maximum Gasteiger partial charge on any atom is 0.410 e. The topological polar surface area (TPSA) is 80.1 Å². The Morgan fingerprint density at radius 3 is 2.17 bits per heavy atom. The summed E-state index contributed by atoms with van der Waals surface area (Å²) in [4.78, 5) is 32.7. The Bertz CT molecular complexity index is 1360. The zero-order valence-electron chi connectivity index (χ0n) is 24.8. The Balaban J connectivity index is 1.36. The summed E-state index contributed by atoms with van der Waals surface area (Å²) in [5.74, 6) is 0.936. The molecule has 2 saturated heterocycles. The number of ether oxygens (including phenoxy) is 2. The number of piperidine rings is 1. The maximum atomic E-state index is 14.0. The van der Waals surface area contributed by atoms with E-state index in [4.69, 9.17) is 14.6 Å². The van der Waals surface area contributed by atoms with Crippen LogP contribution in [0.2, 0.25) is 0 Å². The minimum atomic E-state index is -0.534. The fourth-order valence-electron chi connectivity index (χ4n) is 5.68. The molecule has 2 fully saturated rings. The summed E-state index contributed by atoms with van der Waals surface area (Å²) in [7, 11) is 1.68. The average Bonchev–Trinajstić information content (AvgIpc) is 3.41. The summed E-state index contributed by atoms with van der Waals surface area (Å²) in [6, 6.07) is 16.2. The Hall–Kier alpha value is -4.01. The van der Waals surface area contributed by atoms with E-state index in [0.29, 0.717) is 31.7 Å². The molecule has 0 bridgehead atoms. The minimum Gasteiger partial charge on any atom is -0.495 e. The van der Waals surface area contributed by atoms with E-state index < -0.39 is 5.60 Å². The van der Waals surface area contributed by atoms with Crippen molar-refractivity contribution in [2.75, 3.05) is 51.3 Å². The zero-order chi connectivity index (χ0) is 29.1. The highest BCUT2D eigenvalue weighted by Crippen LogP contribution is 2.34. The van der Waals surface area contributed by atoms with Gasteiger partial charge in [-0.05, 0) is 64.8 Å². The van der Waals surface area contributed by atoms with E-state index >= 15 is 0 Å². The van der Waals surface area contributed by atoms with Gasteiger partial charge in [0.1, 0.15) is 11.4 Å². The molecule has 0 saturated carbocycles. The molecule has 3 aromatic rings. The van der Waals surface area contributed by atoms with E-state index in [1.54, 1.807) is 18.2 Å². The third-order valence-corrected chi connectivity index (χ3v) is 7.84. The fraction of sp³-hybridized carbons (Fsp3) is 0.469. The first-order chi connectivity index (χ1) is 19.6. The van der Waals surface area contributed by atoms with Crippen LogP contribution in [0.15, 0.2) is 54.7 Å². The van der Waals surface area contributed by atoms with Crippen molar-refractivity contribution in [3.63, 3.8) is 0 Å². The number of aryl methyl sites for hydroxylation is 1. The summed E-state index contributed by atoms with van der Waals surface area (Å²) in [5, 5.41) is 4.73. The second kappa shape index (κ2) is 11.8. The lowest BCUT2D eigenvalue weighted by molar-refractivity contribution is 0.0203. The van der Waals surface area contributed by atoms with Gasteiger partial charge in [0.05, 0.1) is 35.9 Å². The lowest BCUT2D eigenvalue weighted by atomic mass is 9.90. The number of methoxy groups -OCH3 is 1. The summed E-state index contributed by atoms with van der Waals surface area (Å²) in [6.45, 7) is 11.5. The molecule has 0 aliphatic carbocycles. The molecule has 0 unspecified atom stereocenters. The molecule has 2 aromatic carbocycles. The molecule has 0 atom stereocenters. The SMILES string of the molecule is COc1ccccc1N1CCN(C(=O)c2cnn(-c3ccc(C)cc3)c2C2CCN(C(=O)OC(C)(C)C)CC2)CC1. The highest BCUT2D eigenvalue weighted by atomic mass is 16.6. The van der Waals surface area contributed by atoms with Gasteiger partial charge in [-0.15, -0.1) is 0 Å². The van der Waals surface area contributed by atoms with E-state index in [9.17, 15) is 9.59 Å². The highest BCUT2D eigenvalue weighted by Gasteiger charge is 2.34. The van der Waals surface area contributed by atoms with Crippen LogP contribution in [-0.2, 0) is 4.74 Å². The number of benzene rings is 2. The van der Waals surface area contributed by atoms with Gasteiger partial charge in [-0.1, -0.05) is 29.8 Å². The van der Waals surface area contributed by atoms with Crippen molar-refractivity contribution in [1.82, 2.24) is 19.6 Å². The first-order valence-corrected chi connectivity index (χ1v) is 14.4. The monoisotopic (exact) mass is 559 g/mol. The smallest absolute Gasteiger partial charge is 0.410 e. The Kier molecular flexibility index (Phi) is 8.24. The van der Waals surface area contributed by atoms with Crippen LogP contribution in [0.25, 0.3) is 5.69 Å². The number of anilines is 1. The summed E-state index contributed by atoms with van der Waals surface area (Å²) >= 11 is 0. The zero-order valence-corrected chi connectivity index (χ0v) is 24.8. The molecule has 2 aliphatic rings. The molecule has 0 radical (unpaired) electrons. The van der Waals surface area contributed by atoms with Crippen LogP contribution in [-0.4, -0.2) is 83.6 Å². The molecule has 0 N–H and O–H groups in total. The van der Waals surface area contributed by atoms with Gasteiger partial charge >= 0.3 is 6.09 Å². The number of amides is 2. The molecule has 3 heterocycles. The number of rotatable bonds is 5. The second-order valence-corrected chi connectivity index (χ2v) is 11.9. The normalized spacial score (nSPS) is 16.6. The lowest BCUT2D eigenvalue weighted by Gasteiger charge is -2.37. The lowest BCUT2D eigenvalue weighted by Crippen LogP contribution is -2.49. The van der Waals surface area contributed by atoms with Crippen LogP contribution in [0.5, 0.6) is 5.75 Å². The van der Waals surface area contributed by atoms with Crippen molar-refractivity contribution < 1.29 is 19.1 Å². The van der Waals surface area contributed by atoms with Gasteiger partial charge in [-0.25, -0.2) is 9.48 Å². The van der Waals surface area contributed by atoms with Crippen molar-refractivity contribution in [2.24, 2.45) is 0 Å². The van der Waals surface area contributed by atoms with Crippen molar-refractivity contribution in [2.45, 2.75) is 52.1 Å². The van der Waals surface area contributed by atoms with Crippen LogP contribution in [0.1, 0.15) is 61.1 Å². The van der Waals surface area contributed by atoms with Crippen molar-refractivity contribution >= 4 is 17.7 Å². The van der Waals surface area contributed by atoms with Gasteiger partial charge in [0.25, 0.3) is 5.91 Å². The van der Waals surface area contributed by atoms with Crippen molar-refractivity contribution in [3.8, 4) is 11.4 Å². The number of para-hydroxylation sites is 2. The van der Waals surface area contributed by atoms with Crippen LogP contribution in [0.3, 0.4) is 0 Å². The van der Waals surface area contributed by atoms with Crippen molar-refractivity contribution in [3.05, 3.63) is 71.5 Å². The number of hydrogen-bond donors (Lipinski definition) is 0. The number of aromatic nitrogens is 2. The Morgan fingerprint density at radius 2 is 1.54 bits per heavy atom. The molecule has 1 aromatic heterocycles. The molecule has 5 rings (SSSR count). The number of hydrogen-bond acceptors (Lipinski definition) is 6. The van der Waals surface area contributed by atoms with E-state index in [1.165, 1.54) is 0 Å². The first kappa shape index (κ1) is 28.5. The van der Waals surface area contributed by atoms with Gasteiger partial charge in [0, 0.05) is 45.2 Å². The number of piperazine rings is 1. The molecule has 218 valence electrons. The van der Waals surface area contributed by atoms with E-state index in [2.05, 4.69) is 30.0 Å².